The maximum atomic E-state index is 11.8. The molecule has 0 aromatic rings. The Bertz CT molecular complexity index is 341. The average molecular weight is 303 g/mol. The van der Waals surface area contributed by atoms with Gasteiger partial charge in [0.25, 0.3) is 0 Å². The van der Waals surface area contributed by atoms with Gasteiger partial charge in [-0.1, -0.05) is 0 Å². The normalized spacial score (nSPS) is 10.7. The minimum absolute atomic E-state index is 0. The summed E-state index contributed by atoms with van der Waals surface area (Å²) in [5, 5.41) is 20.7. The Kier molecular flexibility index (Phi) is 18.5. The molecule has 0 saturated heterocycles. The van der Waals surface area contributed by atoms with E-state index in [1.54, 1.807) is 0 Å². The van der Waals surface area contributed by atoms with Crippen LogP contribution in [0.5, 0.6) is 0 Å². The molecule has 0 aromatic carbocycles. The van der Waals surface area contributed by atoms with Crippen molar-refractivity contribution in [2.45, 2.75) is 39.2 Å². The third kappa shape index (κ3) is 14.5. The van der Waals surface area contributed by atoms with Crippen LogP contribution >= 0.6 is 0 Å². The number of carbonyl (C=O) groups excluding carboxylic acids is 3. The molecular weight excluding hydrogens is 284 g/mol. The Labute approximate surface area is 153 Å². The second-order valence-corrected chi connectivity index (χ2v) is 4.33. The van der Waals surface area contributed by atoms with Gasteiger partial charge in [-0.05, 0) is 19.8 Å². The maximum absolute atomic E-state index is 11.8. The molecule has 0 bridgehead atoms. The monoisotopic (exact) mass is 303 g/mol. The van der Waals surface area contributed by atoms with Gasteiger partial charge >= 0.3 is 43.7 Å². The molecule has 0 fully saturated rings. The maximum Gasteiger partial charge on any atom is 1.00 e. The zero-order chi connectivity index (χ0) is 15.5. The molecule has 0 saturated carbocycles. The Hall–Kier alpha value is -0.475. The average Bonchev–Trinajstić information content (AvgIpc) is 2.38. The van der Waals surface area contributed by atoms with E-state index in [1.165, 1.54) is 13.8 Å². The van der Waals surface area contributed by atoms with Crippen LogP contribution in [0.25, 0.3) is 0 Å². The summed E-state index contributed by atoms with van der Waals surface area (Å²) in [7, 11) is 0. The quantitative estimate of drug-likeness (QED) is 0.129. The first-order valence-corrected chi connectivity index (χ1v) is 6.26. The molecule has 0 aliphatic carbocycles. The van der Waals surface area contributed by atoms with E-state index in [2.05, 4.69) is 9.62 Å². The molecule has 1 amide bonds. The molecule has 0 aliphatic heterocycles. The van der Waals surface area contributed by atoms with Crippen molar-refractivity contribution in [2.75, 3.05) is 19.7 Å². The fraction of sp³-hybridized carbons (Fsp3) is 0.750. The molecule has 116 valence electrons. The Morgan fingerprint density at radius 1 is 1.23 bits per heavy atom. The van der Waals surface area contributed by atoms with Gasteiger partial charge < -0.3 is 29.7 Å². The Morgan fingerprint density at radius 2 is 1.82 bits per heavy atom. The van der Waals surface area contributed by atoms with Gasteiger partial charge in [-0.25, -0.2) is 0 Å². The van der Waals surface area contributed by atoms with Crippen LogP contribution in [0.15, 0.2) is 0 Å². The van der Waals surface area contributed by atoms with E-state index in [4.69, 9.17) is 0 Å². The molecule has 8 nitrogen and oxygen atoms in total. The summed E-state index contributed by atoms with van der Waals surface area (Å²) in [4.78, 5) is 37.8. The second-order valence-electron chi connectivity index (χ2n) is 4.33. The number of esters is 1. The Balaban J connectivity index is -0.00000180. The third-order valence-corrected chi connectivity index (χ3v) is 2.48. The number of ether oxygens (including phenoxy) is 1. The van der Waals surface area contributed by atoms with E-state index in [-0.39, 0.29) is 63.7 Å². The van der Waals surface area contributed by atoms with Gasteiger partial charge in [0.2, 0.25) is 5.91 Å². The molecule has 0 rings (SSSR count). The molecule has 0 aliphatic rings. The fourth-order valence-corrected chi connectivity index (χ4v) is 1.43. The zero-order valence-corrected chi connectivity index (χ0v) is 13.6. The van der Waals surface area contributed by atoms with Gasteiger partial charge in [0, 0.05) is 26.0 Å². The van der Waals surface area contributed by atoms with Gasteiger partial charge in [0.15, 0.2) is 0 Å². The van der Waals surface area contributed by atoms with Gasteiger partial charge in [-0.2, -0.15) is 0 Å². The van der Waals surface area contributed by atoms with Crippen molar-refractivity contribution < 1.29 is 72.1 Å². The number of amides is 1. The van der Waals surface area contributed by atoms with Crippen molar-refractivity contribution in [3.63, 3.8) is 0 Å². The summed E-state index contributed by atoms with van der Waals surface area (Å²) < 4.78 is 4.67. The van der Waals surface area contributed by atoms with Crippen molar-refractivity contribution in [1.82, 2.24) is 4.90 Å². The predicted octanol–water partition coefficient (Wildman–Crippen LogP) is -8.01. The summed E-state index contributed by atoms with van der Waals surface area (Å²) in [5.41, 5.74) is 0. The fourth-order valence-electron chi connectivity index (χ4n) is 1.43. The second kappa shape index (κ2) is 15.4. The number of carboxylic acids is 1. The number of hydrogen-bond donors (Lipinski definition) is 0. The van der Waals surface area contributed by atoms with E-state index in [9.17, 15) is 24.7 Å². The van der Waals surface area contributed by atoms with Crippen molar-refractivity contribution >= 4 is 17.8 Å². The topological polar surface area (TPSA) is 119 Å². The number of hydrogen-bond acceptors (Lipinski definition) is 7. The molecule has 1 atom stereocenters. The third-order valence-electron chi connectivity index (χ3n) is 2.48. The number of carboxylic acid groups (broad SMARTS) is 1. The molecule has 1 unspecified atom stereocenters. The predicted molar refractivity (Wildman–Crippen MR) is 62.6 cm³/mol. The van der Waals surface area contributed by atoms with Crippen LogP contribution in [0.2, 0.25) is 0 Å². The first-order chi connectivity index (χ1) is 9.36. The summed E-state index contributed by atoms with van der Waals surface area (Å²) >= 11 is 0. The van der Waals surface area contributed by atoms with Gasteiger partial charge in [0.1, 0.15) is 0 Å². The SMILES string of the molecule is CC(=O)OCCCC(=O)N(CCC(C)O[O-])CC(=O)[O-].[Li+].[Li+]. The Morgan fingerprint density at radius 3 is 2.27 bits per heavy atom. The van der Waals surface area contributed by atoms with Crippen LogP contribution in [0.3, 0.4) is 0 Å². The first-order valence-electron chi connectivity index (χ1n) is 6.26. The number of carbonyl (C=O) groups is 3. The van der Waals surface area contributed by atoms with Crippen LogP contribution in [0.1, 0.15) is 33.1 Å². The number of nitrogens with zero attached hydrogens (tertiary/aromatic N) is 1. The van der Waals surface area contributed by atoms with Crippen LogP contribution in [0, 0.1) is 0 Å². The van der Waals surface area contributed by atoms with Crippen LogP contribution in [-0.4, -0.2) is 48.5 Å². The van der Waals surface area contributed by atoms with Crippen LogP contribution in [0.4, 0.5) is 0 Å². The molecule has 0 spiro atoms. The molecule has 10 heteroatoms. The standard InChI is InChI=1S/C12H21NO7.2Li/c1-9(20-18)5-6-13(8-12(16)17)11(15)4-3-7-19-10(2)14;;/h9,18H,3-8H2,1-2H3,(H,16,17);;/q;2*+1/p-2. The van der Waals surface area contributed by atoms with Crippen molar-refractivity contribution in [3.05, 3.63) is 0 Å². The minimum Gasteiger partial charge on any atom is -0.723 e. The van der Waals surface area contributed by atoms with E-state index in [0.717, 1.165) is 4.90 Å². The van der Waals surface area contributed by atoms with E-state index >= 15 is 0 Å². The van der Waals surface area contributed by atoms with Gasteiger partial charge in [-0.15, -0.1) is 0 Å². The smallest absolute Gasteiger partial charge is 0.723 e. The summed E-state index contributed by atoms with van der Waals surface area (Å²) in [6, 6.07) is 0. The molecule has 22 heavy (non-hydrogen) atoms. The number of aliphatic carboxylic acids is 1. The molecule has 0 aromatic heterocycles. The molecular formula is C12H19Li2NO7. The first kappa shape index (κ1) is 26.4. The molecule has 0 radical (unpaired) electrons. The largest absolute Gasteiger partial charge is 1.00 e. The van der Waals surface area contributed by atoms with Crippen molar-refractivity contribution in [3.8, 4) is 0 Å². The summed E-state index contributed by atoms with van der Waals surface area (Å²) in [6.07, 6.45) is -0.0389. The van der Waals surface area contributed by atoms with Crippen LogP contribution in [-0.2, 0) is 24.0 Å². The van der Waals surface area contributed by atoms with Gasteiger partial charge in [-0.3, -0.25) is 9.59 Å². The number of rotatable bonds is 10. The van der Waals surface area contributed by atoms with Gasteiger partial charge in [0.05, 0.1) is 19.1 Å². The van der Waals surface area contributed by atoms with Crippen molar-refractivity contribution in [1.29, 1.82) is 0 Å². The van der Waals surface area contributed by atoms with E-state index in [1.807, 2.05) is 0 Å². The molecule has 0 heterocycles. The van der Waals surface area contributed by atoms with Crippen LogP contribution < -0.4 is 48.1 Å². The minimum atomic E-state index is -1.38. The van der Waals surface area contributed by atoms with E-state index in [0.29, 0.717) is 6.42 Å². The van der Waals surface area contributed by atoms with Crippen molar-refractivity contribution in [2.24, 2.45) is 0 Å². The summed E-state index contributed by atoms with van der Waals surface area (Å²) in [5.74, 6) is -2.22. The summed E-state index contributed by atoms with van der Waals surface area (Å²) in [6.45, 7) is 2.42. The zero-order valence-electron chi connectivity index (χ0n) is 13.6. The molecule has 0 N–H and O–H groups in total. The van der Waals surface area contributed by atoms with E-state index < -0.39 is 30.5 Å².